The Morgan fingerprint density at radius 2 is 0.624 bits per heavy atom. The standard InChI is InChI=1S/C21H27N7O2.2C20H25N7O2.C18H20N6O3.C18H20N6O2/c29-19-11-14(21(30)26-19)10-15-13-23-28-18(24-16-4-5-16)12-17(25-20(15)28)22-6-3-9-27-7-1-2-8-27;1-25-5-2-6-26(8-7-25)16-11-17(22-15-3-4-15)27-19(23-16)14(12-21-27)9-13-10-18(28)24-20(13)29;1-2-25-5-7-26(8-6-25)16-11-17(22-15-3-4-15)27-19(23-16)14(12-21-27)9-13-10-18(28)24-20(13)29;25-16-8-11(18(26)22-16)7-12-10-19-24-15(20-13-1-2-13)9-14(21-17(12)24)23-3-5-27-6-4-23;25-16-8-11(18(26)22-16)7-12-10-19-24-15(20-13-3-4-13)9-14(21-17(12)24)23-5-1-2-6-23/h10,12-13,16,24H,1-9,11H2,(H,22,25)(H,26,29,30);2*9,11-12,15,22H,2-8,10H2,1H3,(H,24,28,29);7,9-10,13,20H,1-6,8H2,(H,22,25,26);7,9-10,13,20H,1-6,8H2,(H,22,25,26)/b14-10+;2*13-9+;2*11-7+. The van der Waals surface area contributed by atoms with Crippen molar-refractivity contribution in [3.63, 3.8) is 0 Å². The Kier molecular flexibility index (Phi) is 26.7. The van der Waals surface area contributed by atoms with E-state index in [-0.39, 0.29) is 91.2 Å². The molecule has 0 radical (unpaired) electrons. The summed E-state index contributed by atoms with van der Waals surface area (Å²) in [6.45, 7) is 20.4. The van der Waals surface area contributed by atoms with Gasteiger partial charge in [-0.2, -0.15) is 48.1 Å². The van der Waals surface area contributed by atoms with Crippen LogP contribution in [-0.4, -0.2) is 308 Å². The largest absolute Gasteiger partial charge is 0.378 e. The Bertz CT molecular complexity index is 6750. The lowest BCUT2D eigenvalue weighted by atomic mass is 10.1. The summed E-state index contributed by atoms with van der Waals surface area (Å²) in [7, 11) is 2.15. The number of rotatable bonds is 25. The zero-order valence-corrected chi connectivity index (χ0v) is 79.2. The van der Waals surface area contributed by atoms with E-state index in [0.717, 1.165) is 248 Å². The summed E-state index contributed by atoms with van der Waals surface area (Å²) in [6.07, 6.45) is 36.3. The predicted molar refractivity (Wildman–Crippen MR) is 529 cm³/mol. The number of anilines is 10. The number of amides is 10. The molecule has 10 aromatic heterocycles. The van der Waals surface area contributed by atoms with Crippen LogP contribution in [0.2, 0.25) is 0 Å². The molecule has 25 rings (SSSR count). The molecule has 11 N–H and O–H groups in total. The van der Waals surface area contributed by atoms with Crippen molar-refractivity contribution in [3.05, 3.63) is 117 Å². The van der Waals surface area contributed by atoms with Crippen molar-refractivity contribution in [2.75, 3.05) is 183 Å². The Balaban J connectivity index is 0.000000105. The molecule has 10 aliphatic heterocycles. The van der Waals surface area contributed by atoms with Crippen molar-refractivity contribution in [1.82, 2.24) is 114 Å². The minimum Gasteiger partial charge on any atom is -0.378 e. The summed E-state index contributed by atoms with van der Waals surface area (Å²) >= 11 is 0. The molecule has 5 saturated carbocycles. The molecule has 0 unspecified atom stereocenters. The molecule has 44 heteroatoms. The Hall–Kier alpha value is -14.7. The van der Waals surface area contributed by atoms with E-state index in [1.807, 2.05) is 12.1 Å². The maximum absolute atomic E-state index is 12.0. The summed E-state index contributed by atoms with van der Waals surface area (Å²) in [5, 5.41) is 55.1. The first-order valence-electron chi connectivity index (χ1n) is 49.6. The fraction of sp³-hybridized carbons (Fsp3) is 0.485. The van der Waals surface area contributed by atoms with Gasteiger partial charge in [-0.1, -0.05) is 6.92 Å². The smallest absolute Gasteiger partial charge is 0.254 e. The molecule has 0 bridgehead atoms. The number of carbonyl (C=O) groups is 10. The van der Waals surface area contributed by atoms with Gasteiger partial charge in [0.25, 0.3) is 29.5 Å². The summed E-state index contributed by atoms with van der Waals surface area (Å²) in [4.78, 5) is 158. The van der Waals surface area contributed by atoms with Gasteiger partial charge in [0.05, 0.1) is 76.3 Å². The highest BCUT2D eigenvalue weighted by atomic mass is 16.5. The van der Waals surface area contributed by atoms with Crippen LogP contribution in [0.1, 0.15) is 170 Å². The zero-order chi connectivity index (χ0) is 96.5. The second-order valence-electron chi connectivity index (χ2n) is 38.6. The minimum absolute atomic E-state index is 0.0898. The molecule has 15 aliphatic rings. The molecule has 0 spiro atoms. The minimum atomic E-state index is -0.347. The number of nitrogens with zero attached hydrogens (tertiary/aromatic N) is 22. The number of ether oxygens (including phenoxy) is 1. The average molecular weight is 1920 g/mol. The van der Waals surface area contributed by atoms with E-state index in [1.54, 1.807) is 83.9 Å². The van der Waals surface area contributed by atoms with Crippen LogP contribution >= 0.6 is 0 Å². The molecule has 44 nitrogen and oxygen atoms in total. The van der Waals surface area contributed by atoms with E-state index in [4.69, 9.17) is 29.7 Å². The van der Waals surface area contributed by atoms with E-state index in [9.17, 15) is 47.9 Å². The second kappa shape index (κ2) is 40.6. The highest BCUT2D eigenvalue weighted by Crippen LogP contribution is 2.37. The molecule has 15 fully saturated rings. The first kappa shape index (κ1) is 92.7. The monoisotopic (exact) mass is 1920 g/mol. The SMILES string of the molecule is CCN1CCN(c2cc(NC3CC3)n3ncc(/C=C4\CC(=O)NC4=O)c3n2)CC1.CN1CCCN(c2cc(NC3CC3)n3ncc(/C=C4\CC(=O)NC4=O)c3n2)CC1.O=C1C/C(=C\c2cnn3c(NC4CC4)cc(N4CCCC4)nc23)C(=O)N1.O=C1C/C(=C\c2cnn3c(NC4CC4)cc(N4CCOCC4)nc23)C(=O)N1.O=C1C/C(=C\c2cnn3c(NC4CC4)cc(NCCCN4CCCC4)nc23)C(=O)N1. The number of fused-ring (bicyclic) bond motifs is 5. The third-order valence-electron chi connectivity index (χ3n) is 27.3. The Morgan fingerprint density at radius 1 is 0.333 bits per heavy atom. The van der Waals surface area contributed by atoms with Crippen molar-refractivity contribution in [1.29, 1.82) is 0 Å². The van der Waals surface area contributed by atoms with Crippen LogP contribution in [0.3, 0.4) is 0 Å². The Morgan fingerprint density at radius 3 is 0.943 bits per heavy atom. The molecule has 5 aliphatic carbocycles. The first-order valence-corrected chi connectivity index (χ1v) is 49.6. The van der Waals surface area contributed by atoms with Crippen LogP contribution in [0.15, 0.2) is 89.2 Å². The molecule has 10 aromatic rings. The molecule has 10 saturated heterocycles. The van der Waals surface area contributed by atoms with Crippen molar-refractivity contribution in [2.24, 2.45) is 0 Å². The van der Waals surface area contributed by atoms with Crippen LogP contribution in [0.25, 0.3) is 58.6 Å². The van der Waals surface area contributed by atoms with Gasteiger partial charge in [-0.15, -0.1) is 0 Å². The quantitative estimate of drug-likeness (QED) is 0.0197. The molecule has 0 aromatic carbocycles. The zero-order valence-electron chi connectivity index (χ0n) is 79.2. The van der Waals surface area contributed by atoms with Gasteiger partial charge >= 0.3 is 0 Å². The molecule has 20 heterocycles. The lowest BCUT2D eigenvalue weighted by molar-refractivity contribution is -0.125. The molecular formula is C97H117N33O11. The first-order chi connectivity index (χ1) is 68.7. The third-order valence-corrected chi connectivity index (χ3v) is 27.3. The van der Waals surface area contributed by atoms with Gasteiger partial charge in [0, 0.05) is 195 Å². The van der Waals surface area contributed by atoms with Gasteiger partial charge < -0.3 is 70.9 Å². The number of likely N-dealkylation sites (tertiary alicyclic amines) is 1. The number of piperazine rings is 1. The van der Waals surface area contributed by atoms with Crippen molar-refractivity contribution >= 4 is 176 Å². The predicted octanol–water partition coefficient (Wildman–Crippen LogP) is 5.29. The topological polar surface area (TPSA) is 486 Å². The van der Waals surface area contributed by atoms with Gasteiger partial charge in [-0.25, -0.2) is 24.9 Å². The second-order valence-corrected chi connectivity index (χ2v) is 38.6. The normalized spacial score (nSPS) is 21.8. The lowest BCUT2D eigenvalue weighted by Gasteiger charge is -2.35. The van der Waals surface area contributed by atoms with E-state index in [2.05, 4.69) is 150 Å². The highest BCUT2D eigenvalue weighted by molar-refractivity contribution is 6.19. The van der Waals surface area contributed by atoms with Crippen LogP contribution in [0, 0.1) is 0 Å². The third kappa shape index (κ3) is 22.2. The number of morpholine rings is 1. The van der Waals surface area contributed by atoms with E-state index in [1.165, 1.54) is 51.6 Å². The van der Waals surface area contributed by atoms with Crippen LogP contribution in [-0.2, 0) is 52.7 Å². The van der Waals surface area contributed by atoms with E-state index >= 15 is 0 Å². The fourth-order valence-electron chi connectivity index (χ4n) is 18.7. The van der Waals surface area contributed by atoms with Gasteiger partial charge in [0.2, 0.25) is 29.5 Å². The number of aromatic nitrogens is 15. The summed E-state index contributed by atoms with van der Waals surface area (Å²) in [5.41, 5.74) is 9.37. The van der Waals surface area contributed by atoms with Crippen molar-refractivity contribution < 1.29 is 52.7 Å². The van der Waals surface area contributed by atoms with E-state index in [0.29, 0.717) is 99.5 Å². The van der Waals surface area contributed by atoms with Gasteiger partial charge in [-0.05, 0) is 173 Å². The van der Waals surface area contributed by atoms with Gasteiger partial charge in [-0.3, -0.25) is 74.5 Å². The fourth-order valence-corrected chi connectivity index (χ4v) is 18.7. The molecule has 10 amide bonds. The average Bonchev–Trinajstić information content (AvgIpc) is 1.61. The number of carbonyl (C=O) groups excluding carboxylic acids is 10. The van der Waals surface area contributed by atoms with Gasteiger partial charge in [0.15, 0.2) is 28.2 Å². The summed E-state index contributed by atoms with van der Waals surface area (Å²) in [5.74, 6) is 5.93. The Labute approximate surface area is 810 Å². The van der Waals surface area contributed by atoms with E-state index < -0.39 is 0 Å². The number of hydrogen-bond acceptors (Lipinski definition) is 34. The lowest BCUT2D eigenvalue weighted by Crippen LogP contribution is -2.46. The van der Waals surface area contributed by atoms with Crippen molar-refractivity contribution in [2.45, 2.75) is 172 Å². The van der Waals surface area contributed by atoms with Crippen LogP contribution in [0.5, 0.6) is 0 Å². The number of likely N-dealkylation sites (N-methyl/N-ethyl adjacent to an activating group) is 2. The number of hydrogen-bond donors (Lipinski definition) is 11. The summed E-state index contributed by atoms with van der Waals surface area (Å²) < 4.78 is 14.4. The van der Waals surface area contributed by atoms with Crippen molar-refractivity contribution in [3.8, 4) is 0 Å². The molecular weight excluding hydrogens is 1800 g/mol. The maximum atomic E-state index is 12.0. The van der Waals surface area contributed by atoms with Crippen LogP contribution < -0.4 is 78.1 Å². The number of nitrogens with one attached hydrogen (secondary N) is 11. The molecule has 141 heavy (non-hydrogen) atoms. The molecule has 736 valence electrons. The summed E-state index contributed by atoms with van der Waals surface area (Å²) in [6, 6.07) is 12.6. The highest BCUT2D eigenvalue weighted by Gasteiger charge is 2.36. The maximum Gasteiger partial charge on any atom is 0.254 e. The van der Waals surface area contributed by atoms with Gasteiger partial charge in [0.1, 0.15) is 58.2 Å². The van der Waals surface area contributed by atoms with Crippen LogP contribution in [0.4, 0.5) is 58.2 Å². The number of imide groups is 5. The molecule has 0 atom stereocenters.